The van der Waals surface area contributed by atoms with Gasteiger partial charge in [-0.05, 0) is 17.7 Å². The molecule has 1 fully saturated rings. The SMILES string of the molecule is O=C(O)N1CC(O)C[C@]1(CNc1ccc(F)cc1[N+](=O)[O-])C(=O)OCc1ccccc1. The number of aliphatic hydroxyl groups excluding tert-OH is 1. The maximum atomic E-state index is 13.4. The smallest absolute Gasteiger partial charge is 0.408 e. The van der Waals surface area contributed by atoms with Crippen LogP contribution in [-0.4, -0.2) is 56.8 Å². The van der Waals surface area contributed by atoms with Crippen molar-refractivity contribution in [3.8, 4) is 0 Å². The molecule has 0 aliphatic carbocycles. The minimum atomic E-state index is -1.83. The van der Waals surface area contributed by atoms with E-state index in [4.69, 9.17) is 4.74 Å². The van der Waals surface area contributed by atoms with Gasteiger partial charge in [0, 0.05) is 13.0 Å². The number of anilines is 1. The maximum Gasteiger partial charge on any atom is 0.408 e. The molecule has 164 valence electrons. The Hall–Kier alpha value is -3.73. The first-order valence-corrected chi connectivity index (χ1v) is 9.30. The zero-order valence-corrected chi connectivity index (χ0v) is 16.2. The molecule has 0 radical (unpaired) electrons. The number of carbonyl (C=O) groups is 2. The molecular formula is C20H20FN3O7. The van der Waals surface area contributed by atoms with Gasteiger partial charge in [-0.1, -0.05) is 30.3 Å². The van der Waals surface area contributed by atoms with Crippen LogP contribution in [0.2, 0.25) is 0 Å². The highest BCUT2D eigenvalue weighted by atomic mass is 19.1. The van der Waals surface area contributed by atoms with Crippen molar-refractivity contribution in [1.29, 1.82) is 0 Å². The third-order valence-electron chi connectivity index (χ3n) is 5.03. The predicted molar refractivity (Wildman–Crippen MR) is 106 cm³/mol. The summed E-state index contributed by atoms with van der Waals surface area (Å²) in [5.74, 6) is -1.73. The molecule has 0 bridgehead atoms. The number of nitro groups is 1. The Balaban J connectivity index is 1.87. The van der Waals surface area contributed by atoms with Gasteiger partial charge in [-0.15, -0.1) is 0 Å². The van der Waals surface area contributed by atoms with E-state index in [0.717, 1.165) is 17.0 Å². The summed E-state index contributed by atoms with van der Waals surface area (Å²) in [5.41, 5.74) is -1.84. The number of carboxylic acid groups (broad SMARTS) is 1. The molecule has 1 aliphatic rings. The zero-order valence-electron chi connectivity index (χ0n) is 16.2. The number of amides is 1. The van der Waals surface area contributed by atoms with Crippen molar-refractivity contribution >= 4 is 23.4 Å². The van der Waals surface area contributed by atoms with Gasteiger partial charge >= 0.3 is 12.1 Å². The van der Waals surface area contributed by atoms with Crippen LogP contribution in [0.15, 0.2) is 48.5 Å². The molecule has 2 atom stereocenters. The summed E-state index contributed by atoms with van der Waals surface area (Å²) in [7, 11) is 0. The largest absolute Gasteiger partial charge is 0.465 e. The predicted octanol–water partition coefficient (Wildman–Crippen LogP) is 2.37. The van der Waals surface area contributed by atoms with Crippen molar-refractivity contribution in [2.75, 3.05) is 18.4 Å². The molecule has 3 N–H and O–H groups in total. The number of halogens is 1. The lowest BCUT2D eigenvalue weighted by Crippen LogP contribution is -2.57. The number of aliphatic hydroxyl groups is 1. The Labute approximate surface area is 176 Å². The Bertz CT molecular complexity index is 988. The third-order valence-corrected chi connectivity index (χ3v) is 5.03. The lowest BCUT2D eigenvalue weighted by molar-refractivity contribution is -0.384. The normalized spacial score (nSPS) is 20.3. The standard InChI is InChI=1S/C20H20FN3O7/c21-14-6-7-16(17(8-14)24(29)30)22-12-20(9-15(25)10-23(20)19(27)28)18(26)31-11-13-4-2-1-3-5-13/h1-8,15,22,25H,9-12H2,(H,27,28)/t15?,20-/m0/s1. The van der Waals surface area contributed by atoms with Gasteiger partial charge in [-0.3, -0.25) is 15.0 Å². The zero-order chi connectivity index (χ0) is 22.6. The number of benzene rings is 2. The van der Waals surface area contributed by atoms with Crippen molar-refractivity contribution in [1.82, 2.24) is 4.90 Å². The van der Waals surface area contributed by atoms with E-state index in [9.17, 15) is 34.3 Å². The monoisotopic (exact) mass is 433 g/mol. The summed E-state index contributed by atoms with van der Waals surface area (Å²) in [6.07, 6.45) is -2.86. The summed E-state index contributed by atoms with van der Waals surface area (Å²) in [6, 6.07) is 11.5. The van der Waals surface area contributed by atoms with Crippen LogP contribution in [0.3, 0.4) is 0 Å². The van der Waals surface area contributed by atoms with Crippen LogP contribution in [0.25, 0.3) is 0 Å². The summed E-state index contributed by atoms with van der Waals surface area (Å²) in [4.78, 5) is 36.0. The van der Waals surface area contributed by atoms with Crippen molar-refractivity contribution < 1.29 is 33.9 Å². The number of nitrogens with one attached hydrogen (secondary N) is 1. The van der Waals surface area contributed by atoms with Gasteiger partial charge in [-0.2, -0.15) is 0 Å². The van der Waals surface area contributed by atoms with E-state index in [1.165, 1.54) is 0 Å². The van der Waals surface area contributed by atoms with Gasteiger partial charge in [0.05, 0.1) is 23.6 Å². The second-order valence-corrected chi connectivity index (χ2v) is 7.12. The number of hydrogen-bond acceptors (Lipinski definition) is 7. The molecule has 10 nitrogen and oxygen atoms in total. The van der Waals surface area contributed by atoms with Crippen LogP contribution in [0, 0.1) is 15.9 Å². The van der Waals surface area contributed by atoms with Crippen molar-refractivity contribution in [2.24, 2.45) is 0 Å². The van der Waals surface area contributed by atoms with Gasteiger partial charge in [0.25, 0.3) is 5.69 Å². The number of hydrogen-bond donors (Lipinski definition) is 3. The number of nitro benzene ring substituents is 1. The quantitative estimate of drug-likeness (QED) is 0.343. The van der Waals surface area contributed by atoms with E-state index in [0.29, 0.717) is 11.6 Å². The van der Waals surface area contributed by atoms with Crippen LogP contribution in [0.4, 0.5) is 20.6 Å². The molecule has 1 aliphatic heterocycles. The highest BCUT2D eigenvalue weighted by Gasteiger charge is 2.54. The van der Waals surface area contributed by atoms with Crippen LogP contribution in [0.1, 0.15) is 12.0 Å². The van der Waals surface area contributed by atoms with Gasteiger partial charge in [0.2, 0.25) is 0 Å². The summed E-state index contributed by atoms with van der Waals surface area (Å²) in [5, 5.41) is 33.6. The average Bonchev–Trinajstić information content (AvgIpc) is 3.09. The van der Waals surface area contributed by atoms with Crippen molar-refractivity contribution in [3.63, 3.8) is 0 Å². The number of likely N-dealkylation sites (tertiary alicyclic amines) is 1. The molecule has 0 saturated carbocycles. The third kappa shape index (κ3) is 4.72. The fourth-order valence-corrected chi connectivity index (χ4v) is 3.55. The first kappa shape index (κ1) is 22.0. The number of esters is 1. The lowest BCUT2D eigenvalue weighted by Gasteiger charge is -2.34. The Morgan fingerprint density at radius 2 is 2.00 bits per heavy atom. The molecule has 0 aromatic heterocycles. The van der Waals surface area contributed by atoms with Gasteiger partial charge in [-0.25, -0.2) is 14.0 Å². The molecule has 2 aromatic rings. The van der Waals surface area contributed by atoms with Gasteiger partial charge in [0.1, 0.15) is 18.1 Å². The van der Waals surface area contributed by atoms with E-state index in [-0.39, 0.29) is 25.3 Å². The van der Waals surface area contributed by atoms with Gasteiger partial charge < -0.3 is 20.3 Å². The molecule has 31 heavy (non-hydrogen) atoms. The minimum Gasteiger partial charge on any atom is -0.465 e. The van der Waals surface area contributed by atoms with Crippen LogP contribution in [0.5, 0.6) is 0 Å². The fourth-order valence-electron chi connectivity index (χ4n) is 3.55. The number of nitrogens with zero attached hydrogens (tertiary/aromatic N) is 2. The summed E-state index contributed by atoms with van der Waals surface area (Å²) < 4.78 is 18.7. The summed E-state index contributed by atoms with van der Waals surface area (Å²) >= 11 is 0. The van der Waals surface area contributed by atoms with Crippen LogP contribution >= 0.6 is 0 Å². The Kier molecular flexibility index (Phi) is 6.35. The highest BCUT2D eigenvalue weighted by Crippen LogP contribution is 2.34. The highest BCUT2D eigenvalue weighted by molar-refractivity contribution is 5.87. The molecule has 0 spiro atoms. The molecule has 1 amide bonds. The molecular weight excluding hydrogens is 413 g/mol. The first-order valence-electron chi connectivity index (χ1n) is 9.30. The second-order valence-electron chi connectivity index (χ2n) is 7.12. The van der Waals surface area contributed by atoms with Crippen LogP contribution < -0.4 is 5.32 Å². The Morgan fingerprint density at radius 1 is 1.29 bits per heavy atom. The maximum absolute atomic E-state index is 13.4. The van der Waals surface area contributed by atoms with Gasteiger partial charge in [0.15, 0.2) is 5.54 Å². The molecule has 1 unspecified atom stereocenters. The van der Waals surface area contributed by atoms with Crippen molar-refractivity contribution in [3.05, 3.63) is 70.0 Å². The van der Waals surface area contributed by atoms with E-state index in [1.807, 2.05) is 0 Å². The number of ether oxygens (including phenoxy) is 1. The Morgan fingerprint density at radius 3 is 2.65 bits per heavy atom. The molecule has 2 aromatic carbocycles. The van der Waals surface area contributed by atoms with Crippen molar-refractivity contribution in [2.45, 2.75) is 24.7 Å². The van der Waals surface area contributed by atoms with E-state index < -0.39 is 46.7 Å². The second kappa shape index (κ2) is 8.96. The van der Waals surface area contributed by atoms with E-state index in [1.54, 1.807) is 30.3 Å². The number of rotatable bonds is 7. The fraction of sp³-hybridized carbons (Fsp3) is 0.300. The molecule has 11 heteroatoms. The van der Waals surface area contributed by atoms with Crippen LogP contribution in [-0.2, 0) is 16.1 Å². The van der Waals surface area contributed by atoms with E-state index >= 15 is 0 Å². The molecule has 1 heterocycles. The molecule has 1 saturated heterocycles. The topological polar surface area (TPSA) is 142 Å². The summed E-state index contributed by atoms with van der Waals surface area (Å²) in [6.45, 7) is -0.874. The average molecular weight is 433 g/mol. The number of carbonyl (C=O) groups excluding carboxylic acids is 1. The minimum absolute atomic E-state index is 0.103. The molecule has 3 rings (SSSR count). The van der Waals surface area contributed by atoms with E-state index in [2.05, 4.69) is 5.32 Å². The number of β-amino-alcohol motifs (C(OH)–C–C–N with tert-alkyl or cyclic N) is 1. The first-order chi connectivity index (χ1) is 14.7. The lowest BCUT2D eigenvalue weighted by atomic mass is 9.95.